The van der Waals surface area contributed by atoms with Crippen molar-refractivity contribution in [3.63, 3.8) is 0 Å². The number of nitrogens with zero attached hydrogens (tertiary/aromatic N) is 2. The number of likely N-dealkylation sites (N-methyl/N-ethyl adjacent to an activating group) is 1. The smallest absolute Gasteiger partial charge is 0.369 e. The molecule has 0 saturated carbocycles. The number of rotatable bonds is 17. The molecule has 1 aromatic rings. The summed E-state index contributed by atoms with van der Waals surface area (Å²) in [5.41, 5.74) is 2.06. The van der Waals surface area contributed by atoms with Crippen molar-refractivity contribution in [1.29, 1.82) is 0 Å². The Balaban J connectivity index is 2.42. The molecule has 0 unspecified atom stereocenters. The summed E-state index contributed by atoms with van der Waals surface area (Å²) in [7, 11) is -9.73. The van der Waals surface area contributed by atoms with E-state index in [0.29, 0.717) is 37.7 Å². The van der Waals surface area contributed by atoms with Gasteiger partial charge in [-0.3, -0.25) is 18.7 Å². The van der Waals surface area contributed by atoms with Gasteiger partial charge in [-0.15, -0.1) is 23.2 Å². The van der Waals surface area contributed by atoms with Crippen LogP contribution in [0.25, 0.3) is 0 Å². The average molecular weight is 606 g/mol. The monoisotopic (exact) mass is 605 g/mol. The first-order valence-corrected chi connectivity index (χ1v) is 15.8. The number of amides is 2. The molecule has 1 rings (SSSR count). The first kappa shape index (κ1) is 33.8. The van der Waals surface area contributed by atoms with Gasteiger partial charge >= 0.3 is 15.2 Å². The number of hydrogen-bond acceptors (Lipinski definition) is 6. The lowest BCUT2D eigenvalue weighted by Gasteiger charge is -2.29. The predicted octanol–water partition coefficient (Wildman–Crippen LogP) is 1.65. The molecule has 0 aliphatic rings. The summed E-state index contributed by atoms with van der Waals surface area (Å²) in [4.78, 5) is 64.1. The van der Waals surface area contributed by atoms with Crippen LogP contribution < -0.4 is 10.2 Å². The SMILES string of the molecule is CN(CCCC(O)(P(=O)(O)O)P(=O)(O)O)C(=O)CNC(=O)CCCc1ccc(N(CCCl)CCCl)cc1. The Morgan fingerprint density at radius 2 is 1.49 bits per heavy atom. The minimum atomic E-state index is -5.54. The summed E-state index contributed by atoms with van der Waals surface area (Å²) in [5.74, 6) is 0.134. The second-order valence-corrected chi connectivity index (χ2v) is 13.2. The van der Waals surface area contributed by atoms with E-state index in [1.54, 1.807) is 0 Å². The Kier molecular flexibility index (Phi) is 14.1. The maximum absolute atomic E-state index is 12.2. The van der Waals surface area contributed by atoms with Crippen LogP contribution in [-0.4, -0.2) is 91.5 Å². The molecule has 0 heterocycles. The van der Waals surface area contributed by atoms with Crippen LogP contribution in [0.3, 0.4) is 0 Å². The topological polar surface area (TPSA) is 188 Å². The fourth-order valence-corrected chi connectivity index (χ4v) is 6.10. The summed E-state index contributed by atoms with van der Waals surface area (Å²) in [6.45, 7) is 0.901. The van der Waals surface area contributed by atoms with Gasteiger partial charge in [0, 0.05) is 57.0 Å². The zero-order valence-electron chi connectivity index (χ0n) is 20.5. The number of benzene rings is 1. The molecule has 6 N–H and O–H groups in total. The number of anilines is 1. The van der Waals surface area contributed by atoms with Crippen molar-refractivity contribution in [3.8, 4) is 0 Å². The van der Waals surface area contributed by atoms with Crippen LogP contribution in [0.2, 0.25) is 0 Å². The number of halogens is 2. The van der Waals surface area contributed by atoms with Crippen molar-refractivity contribution in [2.45, 2.75) is 37.2 Å². The zero-order chi connectivity index (χ0) is 28.3. The third-order valence-corrected chi connectivity index (χ3v) is 9.90. The van der Waals surface area contributed by atoms with Gasteiger partial charge < -0.3 is 39.8 Å². The first-order valence-electron chi connectivity index (χ1n) is 11.5. The van der Waals surface area contributed by atoms with E-state index in [9.17, 15) is 23.8 Å². The largest absolute Gasteiger partial charge is 0.369 e. The third kappa shape index (κ3) is 10.8. The maximum Gasteiger partial charge on any atom is 0.369 e. The van der Waals surface area contributed by atoms with Gasteiger partial charge in [0.1, 0.15) is 0 Å². The standard InChI is InChI=1S/C21H35Cl2N3O9P2/c1-25(13-3-10-21(29,36(30,31)32)37(33,34)35)20(28)16-24-19(27)5-2-4-17-6-8-18(9-7-17)26(14-11-22)15-12-23/h6-9,29H,2-5,10-16H2,1H3,(H,24,27)(H2,30,31,32)(H2,33,34,35). The van der Waals surface area contributed by atoms with Gasteiger partial charge in [-0.05, 0) is 37.0 Å². The summed E-state index contributed by atoms with van der Waals surface area (Å²) in [6.07, 6.45) is 0.197. The molecule has 0 aliphatic heterocycles. The van der Waals surface area contributed by atoms with E-state index < -0.39 is 32.6 Å². The number of hydrogen-bond donors (Lipinski definition) is 6. The van der Waals surface area contributed by atoms with Crippen LogP contribution in [0.5, 0.6) is 0 Å². The normalized spacial score (nSPS) is 12.3. The van der Waals surface area contributed by atoms with Gasteiger partial charge in [0.25, 0.3) is 5.08 Å². The van der Waals surface area contributed by atoms with E-state index in [1.807, 2.05) is 24.3 Å². The number of alkyl halides is 2. The highest BCUT2D eigenvalue weighted by Gasteiger charge is 2.58. The van der Waals surface area contributed by atoms with Crippen molar-refractivity contribution in [3.05, 3.63) is 29.8 Å². The van der Waals surface area contributed by atoms with Crippen LogP contribution in [0.4, 0.5) is 5.69 Å². The second kappa shape index (κ2) is 15.4. The lowest BCUT2D eigenvalue weighted by molar-refractivity contribution is -0.131. The van der Waals surface area contributed by atoms with Gasteiger partial charge in [-0.2, -0.15) is 0 Å². The van der Waals surface area contributed by atoms with Crippen molar-refractivity contribution >= 4 is 55.9 Å². The first-order chi connectivity index (χ1) is 17.2. The van der Waals surface area contributed by atoms with Crippen molar-refractivity contribution in [2.75, 3.05) is 49.9 Å². The molecule has 1 aromatic carbocycles. The summed E-state index contributed by atoms with van der Waals surface area (Å²) in [6, 6.07) is 7.90. The molecular weight excluding hydrogens is 571 g/mol. The van der Waals surface area contributed by atoms with Crippen LogP contribution in [0, 0.1) is 0 Å². The number of nitrogens with one attached hydrogen (secondary N) is 1. The van der Waals surface area contributed by atoms with Crippen molar-refractivity contribution in [1.82, 2.24) is 10.2 Å². The van der Waals surface area contributed by atoms with Gasteiger partial charge in [-0.1, -0.05) is 12.1 Å². The lowest BCUT2D eigenvalue weighted by atomic mass is 10.1. The van der Waals surface area contributed by atoms with Gasteiger partial charge in [-0.25, -0.2) is 0 Å². The zero-order valence-corrected chi connectivity index (χ0v) is 23.8. The molecule has 12 nitrogen and oxygen atoms in total. The van der Waals surface area contributed by atoms with Crippen molar-refractivity contribution in [2.24, 2.45) is 0 Å². The highest BCUT2D eigenvalue weighted by atomic mass is 35.5. The van der Waals surface area contributed by atoms with Crippen LogP contribution in [0.15, 0.2) is 24.3 Å². The molecule has 0 aromatic heterocycles. The van der Waals surface area contributed by atoms with E-state index in [-0.39, 0.29) is 31.8 Å². The van der Waals surface area contributed by atoms with E-state index in [0.717, 1.165) is 16.2 Å². The fourth-order valence-electron chi connectivity index (χ4n) is 3.44. The maximum atomic E-state index is 12.2. The number of aryl methyl sites for hydroxylation is 1. The average Bonchev–Trinajstić information content (AvgIpc) is 2.81. The van der Waals surface area contributed by atoms with E-state index in [2.05, 4.69) is 10.2 Å². The third-order valence-electron chi connectivity index (χ3n) is 5.68. The highest BCUT2D eigenvalue weighted by molar-refractivity contribution is 7.72. The molecule has 0 fully saturated rings. The molecule has 0 saturated heterocycles. The Morgan fingerprint density at radius 1 is 0.946 bits per heavy atom. The molecule has 16 heteroatoms. The minimum Gasteiger partial charge on any atom is -0.369 e. The highest BCUT2D eigenvalue weighted by Crippen LogP contribution is 2.69. The quantitative estimate of drug-likeness (QED) is 0.112. The molecular formula is C21H35Cl2N3O9P2. The fraction of sp³-hybridized carbons (Fsp3) is 0.619. The van der Waals surface area contributed by atoms with E-state index >= 15 is 0 Å². The Labute approximate surface area is 226 Å². The van der Waals surface area contributed by atoms with Gasteiger partial charge in [0.2, 0.25) is 11.8 Å². The van der Waals surface area contributed by atoms with Crippen molar-refractivity contribution < 1.29 is 43.4 Å². The Morgan fingerprint density at radius 3 is 1.97 bits per heavy atom. The summed E-state index contributed by atoms with van der Waals surface area (Å²) < 4.78 is 22.7. The molecule has 0 radical (unpaired) electrons. The lowest BCUT2D eigenvalue weighted by Crippen LogP contribution is -2.39. The van der Waals surface area contributed by atoms with E-state index in [4.69, 9.17) is 42.8 Å². The van der Waals surface area contributed by atoms with E-state index in [1.165, 1.54) is 7.05 Å². The molecule has 2 amide bonds. The minimum absolute atomic E-state index is 0.153. The molecule has 0 spiro atoms. The van der Waals surface area contributed by atoms with Crippen LogP contribution in [0.1, 0.15) is 31.2 Å². The van der Waals surface area contributed by atoms with Gasteiger partial charge in [0.15, 0.2) is 0 Å². The molecule has 212 valence electrons. The molecule has 0 bridgehead atoms. The summed E-state index contributed by atoms with van der Waals surface area (Å²) in [5, 5.41) is 8.83. The van der Waals surface area contributed by atoms with Crippen LogP contribution in [-0.2, 0) is 25.1 Å². The van der Waals surface area contributed by atoms with Gasteiger partial charge in [0.05, 0.1) is 6.54 Å². The predicted molar refractivity (Wildman–Crippen MR) is 142 cm³/mol. The molecule has 0 aliphatic carbocycles. The second-order valence-electron chi connectivity index (χ2n) is 8.44. The molecule has 0 atom stereocenters. The number of carbonyl (C=O) groups excluding carboxylic acids is 2. The Bertz CT molecular complexity index is 945. The molecule has 37 heavy (non-hydrogen) atoms. The Hall–Kier alpha value is -1.20. The number of aliphatic hydroxyl groups is 1. The summed E-state index contributed by atoms with van der Waals surface area (Å²) >= 11 is 11.7. The van der Waals surface area contributed by atoms with Crippen LogP contribution >= 0.6 is 38.4 Å². The number of carbonyl (C=O) groups is 2.